The number of hydrogen-bond donors (Lipinski definition) is 1. The Morgan fingerprint density at radius 1 is 0.903 bits per heavy atom. The van der Waals surface area contributed by atoms with Crippen LogP contribution in [0.3, 0.4) is 0 Å². The van der Waals surface area contributed by atoms with E-state index in [9.17, 15) is 4.79 Å². The quantitative estimate of drug-likeness (QED) is 0.266. The van der Waals surface area contributed by atoms with Gasteiger partial charge in [0.25, 0.3) is 0 Å². The third-order valence-corrected chi connectivity index (χ3v) is 6.16. The van der Waals surface area contributed by atoms with E-state index in [1.165, 1.54) is 22.8 Å². The molecule has 148 valence electrons. The van der Waals surface area contributed by atoms with E-state index >= 15 is 0 Å². The lowest BCUT2D eigenvalue weighted by Gasteiger charge is -2.07. The highest BCUT2D eigenvalue weighted by molar-refractivity contribution is 7.11. The third-order valence-electron chi connectivity index (χ3n) is 5.28. The summed E-state index contributed by atoms with van der Waals surface area (Å²) in [5.41, 5.74) is 5.17. The third kappa shape index (κ3) is 3.29. The summed E-state index contributed by atoms with van der Waals surface area (Å²) >= 11 is 1.42. The minimum atomic E-state index is -1.22. The summed E-state index contributed by atoms with van der Waals surface area (Å²) < 4.78 is 2.27. The van der Waals surface area contributed by atoms with Crippen molar-refractivity contribution in [1.82, 2.24) is 4.57 Å². The lowest BCUT2D eigenvalue weighted by Crippen LogP contribution is -1.96. The molecule has 0 saturated heterocycles. The molecule has 1 N–H and O–H groups in total. The minimum Gasteiger partial charge on any atom is -0.477 e. The molecule has 0 aliphatic carbocycles. The van der Waals surface area contributed by atoms with Gasteiger partial charge in [-0.2, -0.15) is 5.26 Å². The van der Waals surface area contributed by atoms with Gasteiger partial charge in [-0.15, -0.1) is 11.3 Å². The maximum absolute atomic E-state index is 11.1. The second-order valence-corrected chi connectivity index (χ2v) is 8.08. The first kappa shape index (κ1) is 18.9. The summed E-state index contributed by atoms with van der Waals surface area (Å²) in [5.74, 6) is -1.22. The number of carbonyl (C=O) groups is 1. The highest BCUT2D eigenvalue weighted by atomic mass is 32.1. The van der Waals surface area contributed by atoms with Gasteiger partial charge in [0.2, 0.25) is 0 Å². The highest BCUT2D eigenvalue weighted by Gasteiger charge is 2.13. The second-order valence-electron chi connectivity index (χ2n) is 7.13. The summed E-state index contributed by atoms with van der Waals surface area (Å²) in [6.07, 6.45) is 1.41. The fourth-order valence-corrected chi connectivity index (χ4v) is 4.72. The van der Waals surface area contributed by atoms with E-state index in [1.807, 2.05) is 41.8 Å². The number of fused-ring (bicyclic) bond motifs is 3. The van der Waals surface area contributed by atoms with Gasteiger partial charge in [0.15, 0.2) is 0 Å². The van der Waals surface area contributed by atoms with E-state index < -0.39 is 5.97 Å². The van der Waals surface area contributed by atoms with Crippen molar-refractivity contribution in [1.29, 1.82) is 5.26 Å². The number of benzene rings is 3. The van der Waals surface area contributed by atoms with Gasteiger partial charge in [0.1, 0.15) is 11.6 Å². The van der Waals surface area contributed by atoms with Crippen molar-refractivity contribution < 1.29 is 9.90 Å². The van der Waals surface area contributed by atoms with Gasteiger partial charge in [0, 0.05) is 21.3 Å². The number of carboxylic acid groups (broad SMARTS) is 1. The standard InChI is InChI=1S/C26H16N2O2S/c27-15-18(26(29)30)12-21-13-19(16-31-21)17-10-11-25-23(14-17)22-8-4-5-9-24(22)28(25)20-6-2-1-3-7-20/h1-14,16H,(H,29,30)/b18-12-. The van der Waals surface area contributed by atoms with Gasteiger partial charge in [-0.05, 0) is 59.0 Å². The molecule has 0 unspecified atom stereocenters. The van der Waals surface area contributed by atoms with E-state index in [-0.39, 0.29) is 5.57 Å². The van der Waals surface area contributed by atoms with E-state index in [0.717, 1.165) is 38.1 Å². The molecule has 2 heterocycles. The largest absolute Gasteiger partial charge is 0.477 e. The van der Waals surface area contributed by atoms with E-state index in [2.05, 4.69) is 47.0 Å². The first-order valence-electron chi connectivity index (χ1n) is 9.68. The Labute approximate surface area is 182 Å². The van der Waals surface area contributed by atoms with Crippen LogP contribution in [-0.4, -0.2) is 15.6 Å². The van der Waals surface area contributed by atoms with Crippen molar-refractivity contribution >= 4 is 45.2 Å². The molecule has 0 saturated carbocycles. The molecule has 0 aliphatic heterocycles. The highest BCUT2D eigenvalue weighted by Crippen LogP contribution is 2.36. The molecule has 0 atom stereocenters. The van der Waals surface area contributed by atoms with Crippen molar-refractivity contribution in [3.63, 3.8) is 0 Å². The van der Waals surface area contributed by atoms with Crippen molar-refractivity contribution in [3.05, 3.63) is 94.7 Å². The van der Waals surface area contributed by atoms with Crippen LogP contribution in [0.25, 0.3) is 44.7 Å². The minimum absolute atomic E-state index is 0.269. The van der Waals surface area contributed by atoms with Crippen LogP contribution >= 0.6 is 11.3 Å². The predicted molar refractivity (Wildman–Crippen MR) is 125 cm³/mol. The fraction of sp³-hybridized carbons (Fsp3) is 0. The molecule has 2 aromatic heterocycles. The summed E-state index contributed by atoms with van der Waals surface area (Å²) in [5, 5.41) is 22.4. The average molecular weight is 420 g/mol. The van der Waals surface area contributed by atoms with Gasteiger partial charge < -0.3 is 9.67 Å². The molecule has 0 amide bonds. The lowest BCUT2D eigenvalue weighted by atomic mass is 10.0. The van der Waals surface area contributed by atoms with E-state index in [1.54, 1.807) is 6.07 Å². The van der Waals surface area contributed by atoms with Crippen LogP contribution in [0.2, 0.25) is 0 Å². The first-order valence-corrected chi connectivity index (χ1v) is 10.6. The molecule has 5 aromatic rings. The molecule has 31 heavy (non-hydrogen) atoms. The number of carboxylic acids is 1. The number of thiophene rings is 1. The lowest BCUT2D eigenvalue weighted by molar-refractivity contribution is -0.132. The molecule has 0 aliphatic rings. The maximum Gasteiger partial charge on any atom is 0.346 e. The summed E-state index contributed by atoms with van der Waals surface area (Å²) in [4.78, 5) is 11.9. The molecule has 4 nitrogen and oxygen atoms in total. The Bertz CT molecular complexity index is 1520. The normalized spacial score (nSPS) is 11.6. The Morgan fingerprint density at radius 2 is 1.65 bits per heavy atom. The van der Waals surface area contributed by atoms with Gasteiger partial charge in [-0.25, -0.2) is 4.79 Å². The number of para-hydroxylation sites is 2. The zero-order valence-electron chi connectivity index (χ0n) is 16.3. The zero-order valence-corrected chi connectivity index (χ0v) is 17.1. The van der Waals surface area contributed by atoms with Crippen LogP contribution in [0.15, 0.2) is 89.8 Å². The van der Waals surface area contributed by atoms with Crippen LogP contribution in [-0.2, 0) is 4.79 Å². The molecular weight excluding hydrogens is 404 g/mol. The molecule has 5 heteroatoms. The smallest absolute Gasteiger partial charge is 0.346 e. The first-order chi connectivity index (χ1) is 15.2. The van der Waals surface area contributed by atoms with Gasteiger partial charge in [-0.1, -0.05) is 42.5 Å². The van der Waals surface area contributed by atoms with Crippen LogP contribution in [0.4, 0.5) is 0 Å². The molecular formula is C26H16N2O2S. The number of nitriles is 1. The monoisotopic (exact) mass is 420 g/mol. The van der Waals surface area contributed by atoms with Crippen LogP contribution < -0.4 is 0 Å². The van der Waals surface area contributed by atoms with Crippen molar-refractivity contribution in [3.8, 4) is 22.9 Å². The number of aromatic nitrogens is 1. The Morgan fingerprint density at radius 3 is 2.42 bits per heavy atom. The Hall–Kier alpha value is -4.14. The second kappa shape index (κ2) is 7.60. The number of aliphatic carboxylic acids is 1. The molecule has 5 rings (SSSR count). The Kier molecular flexibility index (Phi) is 4.62. The summed E-state index contributed by atoms with van der Waals surface area (Å²) in [6, 6.07) is 28.7. The van der Waals surface area contributed by atoms with E-state index in [4.69, 9.17) is 10.4 Å². The van der Waals surface area contributed by atoms with Gasteiger partial charge in [-0.3, -0.25) is 0 Å². The maximum atomic E-state index is 11.1. The SMILES string of the molecule is N#C/C(=C/c1cc(-c2ccc3c(c2)c2ccccc2n3-c2ccccc2)cs1)C(=O)O. The van der Waals surface area contributed by atoms with Crippen LogP contribution in [0.1, 0.15) is 4.88 Å². The van der Waals surface area contributed by atoms with Gasteiger partial charge in [0.05, 0.1) is 11.0 Å². The molecule has 0 fully saturated rings. The molecule has 0 radical (unpaired) electrons. The van der Waals surface area contributed by atoms with Gasteiger partial charge >= 0.3 is 5.97 Å². The molecule has 0 bridgehead atoms. The number of hydrogen-bond acceptors (Lipinski definition) is 3. The molecule has 0 spiro atoms. The van der Waals surface area contributed by atoms with Crippen molar-refractivity contribution in [2.75, 3.05) is 0 Å². The van der Waals surface area contributed by atoms with Crippen LogP contribution in [0, 0.1) is 11.3 Å². The fourth-order valence-electron chi connectivity index (χ4n) is 3.87. The number of rotatable bonds is 4. The number of nitrogens with zero attached hydrogens (tertiary/aromatic N) is 2. The van der Waals surface area contributed by atoms with E-state index in [0.29, 0.717) is 0 Å². The Balaban J connectivity index is 1.67. The summed E-state index contributed by atoms with van der Waals surface area (Å²) in [7, 11) is 0. The zero-order chi connectivity index (χ0) is 21.4. The average Bonchev–Trinajstić information content (AvgIpc) is 3.40. The van der Waals surface area contributed by atoms with Crippen molar-refractivity contribution in [2.24, 2.45) is 0 Å². The predicted octanol–water partition coefficient (Wildman–Crippen LogP) is 6.50. The summed E-state index contributed by atoms with van der Waals surface area (Å²) in [6.45, 7) is 0. The topological polar surface area (TPSA) is 66.0 Å². The molecule has 3 aromatic carbocycles. The van der Waals surface area contributed by atoms with Crippen LogP contribution in [0.5, 0.6) is 0 Å². The van der Waals surface area contributed by atoms with Crippen molar-refractivity contribution in [2.45, 2.75) is 0 Å².